The molecule has 0 bridgehead atoms. The molecule has 2 fully saturated rings. The molecule has 110 valence electrons. The van der Waals surface area contributed by atoms with E-state index in [1.54, 1.807) is 0 Å². The molecule has 0 aromatic heterocycles. The van der Waals surface area contributed by atoms with Gasteiger partial charge in [-0.1, -0.05) is 0 Å². The Bertz CT molecular complexity index is 450. The van der Waals surface area contributed by atoms with Crippen molar-refractivity contribution in [2.45, 2.75) is 37.8 Å². The summed E-state index contributed by atoms with van der Waals surface area (Å²) in [6.07, 6.45) is 1.10. The van der Waals surface area contributed by atoms with Crippen molar-refractivity contribution in [3.05, 3.63) is 0 Å². The first-order valence-electron chi connectivity index (χ1n) is 6.58. The van der Waals surface area contributed by atoms with E-state index in [2.05, 4.69) is 10.6 Å². The van der Waals surface area contributed by atoms with Crippen molar-refractivity contribution in [3.8, 4) is 0 Å². The molecule has 2 aliphatic rings. The van der Waals surface area contributed by atoms with Gasteiger partial charge in [-0.25, -0.2) is 0 Å². The fraction of sp³-hybridized carbons (Fsp3) is 0.667. The van der Waals surface area contributed by atoms with Gasteiger partial charge in [0.2, 0.25) is 17.7 Å². The van der Waals surface area contributed by atoms with Crippen LogP contribution in [-0.4, -0.2) is 58.9 Å². The molecule has 2 saturated heterocycles. The summed E-state index contributed by atoms with van der Waals surface area (Å²) < 4.78 is 0. The van der Waals surface area contributed by atoms with E-state index in [1.165, 1.54) is 4.90 Å². The molecule has 0 aliphatic carbocycles. The Balaban J connectivity index is 2.12. The van der Waals surface area contributed by atoms with Gasteiger partial charge in [-0.05, 0) is 19.3 Å². The largest absolute Gasteiger partial charge is 0.481 e. The Kier molecular flexibility index (Phi) is 4.21. The lowest BCUT2D eigenvalue weighted by Gasteiger charge is -2.23. The van der Waals surface area contributed by atoms with E-state index in [1.807, 2.05) is 0 Å². The van der Waals surface area contributed by atoms with E-state index in [9.17, 15) is 19.2 Å². The van der Waals surface area contributed by atoms with Gasteiger partial charge in [0.05, 0.1) is 6.54 Å². The molecule has 0 aromatic rings. The van der Waals surface area contributed by atoms with Gasteiger partial charge in [0, 0.05) is 13.0 Å². The van der Waals surface area contributed by atoms with Crippen LogP contribution in [0.2, 0.25) is 0 Å². The molecule has 2 rings (SSSR count). The summed E-state index contributed by atoms with van der Waals surface area (Å²) in [6.45, 7) is 0.348. The molecule has 0 spiro atoms. The Morgan fingerprint density at radius 1 is 1.30 bits per heavy atom. The first-order chi connectivity index (χ1) is 9.49. The van der Waals surface area contributed by atoms with Crippen LogP contribution in [0.1, 0.15) is 25.7 Å². The molecule has 0 unspecified atom stereocenters. The Morgan fingerprint density at radius 2 is 2.05 bits per heavy atom. The zero-order valence-corrected chi connectivity index (χ0v) is 10.9. The number of hydrogen-bond donors (Lipinski definition) is 3. The highest BCUT2D eigenvalue weighted by molar-refractivity contribution is 5.96. The maximum atomic E-state index is 12.1. The van der Waals surface area contributed by atoms with Crippen LogP contribution in [0.4, 0.5) is 0 Å². The zero-order valence-electron chi connectivity index (χ0n) is 10.9. The van der Waals surface area contributed by atoms with Crippen LogP contribution in [0.15, 0.2) is 0 Å². The van der Waals surface area contributed by atoms with Gasteiger partial charge in [0.25, 0.3) is 0 Å². The van der Waals surface area contributed by atoms with E-state index in [0.29, 0.717) is 13.0 Å². The second kappa shape index (κ2) is 5.89. The van der Waals surface area contributed by atoms with E-state index >= 15 is 0 Å². The number of carbonyl (C=O) groups is 4. The fourth-order valence-electron chi connectivity index (χ4n) is 2.53. The predicted octanol–water partition coefficient (Wildman–Crippen LogP) is -1.54. The van der Waals surface area contributed by atoms with Gasteiger partial charge in [-0.3, -0.25) is 19.2 Å². The van der Waals surface area contributed by atoms with E-state index < -0.39 is 24.0 Å². The van der Waals surface area contributed by atoms with E-state index in [4.69, 9.17) is 5.11 Å². The third-order valence-electron chi connectivity index (χ3n) is 3.57. The van der Waals surface area contributed by atoms with Crippen LogP contribution in [-0.2, 0) is 19.2 Å². The maximum Gasteiger partial charge on any atom is 0.303 e. The van der Waals surface area contributed by atoms with Gasteiger partial charge < -0.3 is 20.6 Å². The Hall–Kier alpha value is -2.12. The maximum absolute atomic E-state index is 12.1. The topological polar surface area (TPSA) is 116 Å². The number of hydrogen-bond acceptors (Lipinski definition) is 4. The number of carboxylic acids is 1. The summed E-state index contributed by atoms with van der Waals surface area (Å²) in [5, 5.41) is 13.7. The standard InChI is InChI=1S/C12H17N3O5/c16-9-6-13-11(19)7(3-4-10(17)18)14-12(20)8-2-1-5-15(8)9/h7-8H,1-6H2,(H,13,19)(H,14,20)(H,17,18)/t7-,8-/m0/s1. The third kappa shape index (κ3) is 3.06. The van der Waals surface area contributed by atoms with Crippen molar-refractivity contribution in [1.82, 2.24) is 15.5 Å². The number of fused-ring (bicyclic) bond motifs is 1. The average molecular weight is 283 g/mol. The summed E-state index contributed by atoms with van der Waals surface area (Å²) in [5.41, 5.74) is 0. The van der Waals surface area contributed by atoms with Gasteiger partial charge in [0.15, 0.2) is 0 Å². The van der Waals surface area contributed by atoms with Crippen LogP contribution in [0.5, 0.6) is 0 Å². The molecule has 3 N–H and O–H groups in total. The number of nitrogens with one attached hydrogen (secondary N) is 2. The lowest BCUT2D eigenvalue weighted by atomic mass is 10.1. The van der Waals surface area contributed by atoms with Crippen LogP contribution in [0, 0.1) is 0 Å². The van der Waals surface area contributed by atoms with Gasteiger partial charge in [0.1, 0.15) is 12.1 Å². The third-order valence-corrected chi connectivity index (χ3v) is 3.57. The predicted molar refractivity (Wildman–Crippen MR) is 66.5 cm³/mol. The molecule has 0 saturated carbocycles. The molecule has 0 aromatic carbocycles. The molecular formula is C12H17N3O5. The quantitative estimate of drug-likeness (QED) is 0.580. The summed E-state index contributed by atoms with van der Waals surface area (Å²) >= 11 is 0. The first kappa shape index (κ1) is 14.3. The average Bonchev–Trinajstić information content (AvgIpc) is 2.88. The van der Waals surface area contributed by atoms with Crippen LogP contribution < -0.4 is 10.6 Å². The number of amides is 3. The Morgan fingerprint density at radius 3 is 2.75 bits per heavy atom. The highest BCUT2D eigenvalue weighted by Crippen LogP contribution is 2.18. The minimum absolute atomic E-state index is 0.00776. The zero-order chi connectivity index (χ0) is 14.7. The highest BCUT2D eigenvalue weighted by Gasteiger charge is 2.37. The smallest absolute Gasteiger partial charge is 0.303 e. The monoisotopic (exact) mass is 283 g/mol. The molecule has 0 radical (unpaired) electrons. The van der Waals surface area contributed by atoms with Crippen molar-refractivity contribution in [2.75, 3.05) is 13.1 Å². The highest BCUT2D eigenvalue weighted by atomic mass is 16.4. The minimum atomic E-state index is -1.04. The number of carboxylic acid groups (broad SMARTS) is 1. The second-order valence-electron chi connectivity index (χ2n) is 4.96. The molecule has 2 atom stereocenters. The fourth-order valence-corrected chi connectivity index (χ4v) is 2.53. The van der Waals surface area contributed by atoms with Gasteiger partial charge in [-0.15, -0.1) is 0 Å². The number of aliphatic carboxylic acids is 1. The van der Waals surface area contributed by atoms with Crippen LogP contribution >= 0.6 is 0 Å². The molecular weight excluding hydrogens is 266 g/mol. The lowest BCUT2D eigenvalue weighted by molar-refractivity contribution is -0.138. The van der Waals surface area contributed by atoms with Crippen LogP contribution in [0.3, 0.4) is 0 Å². The van der Waals surface area contributed by atoms with E-state index in [-0.39, 0.29) is 31.2 Å². The van der Waals surface area contributed by atoms with Crippen molar-refractivity contribution in [1.29, 1.82) is 0 Å². The second-order valence-corrected chi connectivity index (χ2v) is 4.96. The van der Waals surface area contributed by atoms with E-state index in [0.717, 1.165) is 6.42 Å². The first-order valence-corrected chi connectivity index (χ1v) is 6.58. The molecule has 8 heteroatoms. The minimum Gasteiger partial charge on any atom is -0.481 e. The molecule has 2 heterocycles. The SMILES string of the molecule is O=C(O)CC[C@@H]1NC(=O)[C@@H]2CCCN2C(=O)CNC1=O. The van der Waals surface area contributed by atoms with Gasteiger partial charge >= 0.3 is 5.97 Å². The summed E-state index contributed by atoms with van der Waals surface area (Å²) in [4.78, 5) is 47.9. The summed E-state index contributed by atoms with van der Waals surface area (Å²) in [6, 6.07) is -1.46. The molecule has 2 aliphatic heterocycles. The van der Waals surface area contributed by atoms with Crippen molar-refractivity contribution in [2.24, 2.45) is 0 Å². The Labute approximate surface area is 115 Å². The number of carbonyl (C=O) groups excluding carboxylic acids is 3. The normalized spacial score (nSPS) is 27.0. The molecule has 8 nitrogen and oxygen atoms in total. The summed E-state index contributed by atoms with van der Waals surface area (Å²) in [7, 11) is 0. The van der Waals surface area contributed by atoms with Crippen molar-refractivity contribution in [3.63, 3.8) is 0 Å². The molecule has 20 heavy (non-hydrogen) atoms. The number of rotatable bonds is 3. The molecule has 3 amide bonds. The van der Waals surface area contributed by atoms with Crippen molar-refractivity contribution >= 4 is 23.7 Å². The number of nitrogens with zero attached hydrogens (tertiary/aromatic N) is 1. The van der Waals surface area contributed by atoms with Crippen molar-refractivity contribution < 1.29 is 24.3 Å². The lowest BCUT2D eigenvalue weighted by Crippen LogP contribution is -2.50. The summed E-state index contributed by atoms with van der Waals surface area (Å²) in [5.74, 6) is -2.22. The van der Waals surface area contributed by atoms with Crippen LogP contribution in [0.25, 0.3) is 0 Å². The van der Waals surface area contributed by atoms with Gasteiger partial charge in [-0.2, -0.15) is 0 Å².